The van der Waals surface area contributed by atoms with Crippen molar-refractivity contribution in [3.05, 3.63) is 35.6 Å². The number of hydrogen-bond donors (Lipinski definition) is 1. The maximum atomic E-state index is 13.4. The lowest BCUT2D eigenvalue weighted by atomic mass is 9.82. The number of fused-ring (bicyclic) bond motifs is 1. The van der Waals surface area contributed by atoms with Crippen LogP contribution in [0.1, 0.15) is 18.4 Å². The number of alkyl halides is 3. The Morgan fingerprint density at radius 2 is 1.91 bits per heavy atom. The van der Waals surface area contributed by atoms with Crippen LogP contribution in [0.2, 0.25) is 0 Å². The van der Waals surface area contributed by atoms with Crippen molar-refractivity contribution >= 4 is 11.9 Å². The lowest BCUT2D eigenvalue weighted by Gasteiger charge is -2.36. The number of carbonyl (C=O) groups excluding carboxylic acids is 1. The Balaban J connectivity index is 0.000000360. The number of aliphatic carboxylic acids is 1. The third-order valence-corrected chi connectivity index (χ3v) is 5.82. The van der Waals surface area contributed by atoms with Gasteiger partial charge in [0.15, 0.2) is 0 Å². The first-order chi connectivity index (χ1) is 15.1. The smallest absolute Gasteiger partial charge is 0.475 e. The molecule has 4 rings (SSSR count). The molecule has 0 aromatic heterocycles. The summed E-state index contributed by atoms with van der Waals surface area (Å²) in [7, 11) is 0. The molecule has 3 aliphatic heterocycles. The molecule has 3 fully saturated rings. The van der Waals surface area contributed by atoms with Crippen LogP contribution in [-0.4, -0.2) is 72.6 Å². The predicted octanol–water partition coefficient (Wildman–Crippen LogP) is 2.71. The predicted molar refractivity (Wildman–Crippen MR) is 104 cm³/mol. The van der Waals surface area contributed by atoms with E-state index in [1.165, 1.54) is 6.07 Å². The topological polar surface area (TPSA) is 79.3 Å². The largest absolute Gasteiger partial charge is 0.490 e. The van der Waals surface area contributed by atoms with E-state index in [9.17, 15) is 22.4 Å². The standard InChI is InChI=1S/C19H25FN2O3.C2HF3O2/c20-16-5-3-4-14(8-16)9-21-10-15-12-24-13-18(17(15)11-21)19(23)22-6-1-2-7-25-22;3-2(4,5)1(6)7/h3-5,8,15,17-18H,1-2,6-7,9-13H2;(H,6,7)/t15-,17-,18-;/m1./s1. The third kappa shape index (κ3) is 6.39. The van der Waals surface area contributed by atoms with Crippen LogP contribution >= 0.6 is 0 Å². The van der Waals surface area contributed by atoms with Gasteiger partial charge in [0.2, 0.25) is 0 Å². The second-order valence-electron chi connectivity index (χ2n) is 8.18. The maximum absolute atomic E-state index is 13.4. The van der Waals surface area contributed by atoms with Gasteiger partial charge in [-0.3, -0.25) is 14.5 Å². The van der Waals surface area contributed by atoms with Gasteiger partial charge in [0.1, 0.15) is 5.82 Å². The summed E-state index contributed by atoms with van der Waals surface area (Å²) >= 11 is 0. The number of rotatable bonds is 3. The van der Waals surface area contributed by atoms with Crippen LogP contribution in [0.25, 0.3) is 0 Å². The van der Waals surface area contributed by atoms with Gasteiger partial charge in [-0.25, -0.2) is 14.2 Å². The molecule has 7 nitrogen and oxygen atoms in total. The van der Waals surface area contributed by atoms with E-state index in [4.69, 9.17) is 19.5 Å². The molecule has 3 heterocycles. The number of nitrogens with zero attached hydrogens (tertiary/aromatic N) is 2. The molecule has 0 aliphatic carbocycles. The van der Waals surface area contributed by atoms with Crippen molar-refractivity contribution in [1.82, 2.24) is 9.96 Å². The second kappa shape index (κ2) is 10.6. The Morgan fingerprint density at radius 3 is 2.53 bits per heavy atom. The van der Waals surface area contributed by atoms with Crippen molar-refractivity contribution in [2.24, 2.45) is 17.8 Å². The zero-order valence-electron chi connectivity index (χ0n) is 17.4. The number of amides is 1. The SMILES string of the molecule is O=C(O)C(F)(F)F.O=C([C@@H]1COC[C@H]2CN(Cc3cccc(F)c3)C[C@H]21)N1CCCCO1. The zero-order valence-corrected chi connectivity index (χ0v) is 17.4. The number of benzene rings is 1. The Kier molecular flexibility index (Phi) is 8.07. The van der Waals surface area contributed by atoms with Crippen molar-refractivity contribution in [1.29, 1.82) is 0 Å². The zero-order chi connectivity index (χ0) is 23.3. The first-order valence-corrected chi connectivity index (χ1v) is 10.4. The van der Waals surface area contributed by atoms with Gasteiger partial charge >= 0.3 is 12.1 Å². The van der Waals surface area contributed by atoms with E-state index in [1.807, 2.05) is 6.07 Å². The summed E-state index contributed by atoms with van der Waals surface area (Å²) in [5.41, 5.74) is 0.974. The fourth-order valence-electron chi connectivity index (χ4n) is 4.32. The normalized spacial score (nSPS) is 26.1. The number of halogens is 4. The average Bonchev–Trinajstić information content (AvgIpc) is 3.16. The minimum atomic E-state index is -5.08. The van der Waals surface area contributed by atoms with Crippen molar-refractivity contribution in [3.8, 4) is 0 Å². The first-order valence-electron chi connectivity index (χ1n) is 10.4. The number of carboxylic acids is 1. The first kappa shape index (κ1) is 24.4. The quantitative estimate of drug-likeness (QED) is 0.696. The van der Waals surface area contributed by atoms with Crippen molar-refractivity contribution in [2.75, 3.05) is 39.5 Å². The van der Waals surface area contributed by atoms with Gasteiger partial charge < -0.3 is 9.84 Å². The summed E-state index contributed by atoms with van der Waals surface area (Å²) in [5, 5.41) is 8.68. The number of carbonyl (C=O) groups is 2. The Morgan fingerprint density at radius 1 is 1.16 bits per heavy atom. The van der Waals surface area contributed by atoms with E-state index in [0.29, 0.717) is 44.7 Å². The minimum Gasteiger partial charge on any atom is -0.475 e. The Labute approximate surface area is 182 Å². The second-order valence-corrected chi connectivity index (χ2v) is 8.18. The van der Waals surface area contributed by atoms with E-state index >= 15 is 0 Å². The molecule has 1 N–H and O–H groups in total. The van der Waals surface area contributed by atoms with Crippen LogP contribution in [0, 0.1) is 23.6 Å². The number of ether oxygens (including phenoxy) is 1. The van der Waals surface area contributed by atoms with Gasteiger partial charge in [-0.05, 0) is 42.4 Å². The highest BCUT2D eigenvalue weighted by atomic mass is 19.4. The van der Waals surface area contributed by atoms with Crippen LogP contribution in [0.15, 0.2) is 24.3 Å². The lowest BCUT2D eigenvalue weighted by molar-refractivity contribution is -0.207. The van der Waals surface area contributed by atoms with Crippen molar-refractivity contribution < 1.29 is 41.8 Å². The minimum absolute atomic E-state index is 0.0713. The van der Waals surface area contributed by atoms with Gasteiger partial charge in [0.05, 0.1) is 25.7 Å². The molecule has 0 spiro atoms. The van der Waals surface area contributed by atoms with Crippen LogP contribution in [-0.2, 0) is 25.7 Å². The van der Waals surface area contributed by atoms with Gasteiger partial charge in [0.25, 0.3) is 5.91 Å². The summed E-state index contributed by atoms with van der Waals surface area (Å²) in [5.74, 6) is -2.36. The lowest BCUT2D eigenvalue weighted by Crippen LogP contribution is -2.47. The highest BCUT2D eigenvalue weighted by molar-refractivity contribution is 5.78. The van der Waals surface area contributed by atoms with E-state index in [-0.39, 0.29) is 17.6 Å². The molecule has 1 aromatic carbocycles. The molecule has 1 aromatic rings. The number of hydroxylamine groups is 2. The van der Waals surface area contributed by atoms with Crippen LogP contribution in [0.3, 0.4) is 0 Å². The van der Waals surface area contributed by atoms with Crippen molar-refractivity contribution in [3.63, 3.8) is 0 Å². The molecule has 32 heavy (non-hydrogen) atoms. The average molecular weight is 462 g/mol. The molecular formula is C21H26F4N2O5. The van der Waals surface area contributed by atoms with Gasteiger partial charge in [0, 0.05) is 26.2 Å². The van der Waals surface area contributed by atoms with Gasteiger partial charge in [-0.1, -0.05) is 12.1 Å². The number of likely N-dealkylation sites (tertiary alicyclic amines) is 1. The number of hydrogen-bond acceptors (Lipinski definition) is 5. The molecule has 1 amide bonds. The third-order valence-electron chi connectivity index (χ3n) is 5.82. The molecule has 0 saturated carbocycles. The molecule has 0 radical (unpaired) electrons. The van der Waals surface area contributed by atoms with Gasteiger partial charge in [-0.2, -0.15) is 13.2 Å². The Hall–Kier alpha value is -2.24. The Bertz CT molecular complexity index is 801. The fraction of sp³-hybridized carbons (Fsp3) is 0.619. The summed E-state index contributed by atoms with van der Waals surface area (Å²) in [6.45, 7) is 4.95. The summed E-state index contributed by atoms with van der Waals surface area (Å²) < 4.78 is 50.9. The maximum Gasteiger partial charge on any atom is 0.490 e. The van der Waals surface area contributed by atoms with E-state index in [0.717, 1.165) is 31.5 Å². The molecule has 3 atom stereocenters. The molecular weight excluding hydrogens is 436 g/mol. The van der Waals surface area contributed by atoms with E-state index in [2.05, 4.69) is 4.90 Å². The fourth-order valence-corrected chi connectivity index (χ4v) is 4.32. The summed E-state index contributed by atoms with van der Waals surface area (Å²) in [6.07, 6.45) is -3.07. The van der Waals surface area contributed by atoms with Crippen LogP contribution in [0.4, 0.5) is 17.6 Å². The van der Waals surface area contributed by atoms with Gasteiger partial charge in [-0.15, -0.1) is 0 Å². The molecule has 11 heteroatoms. The molecule has 3 saturated heterocycles. The summed E-state index contributed by atoms with van der Waals surface area (Å²) in [6, 6.07) is 6.75. The molecule has 178 valence electrons. The van der Waals surface area contributed by atoms with Crippen LogP contribution in [0.5, 0.6) is 0 Å². The number of carboxylic acid groups (broad SMARTS) is 1. The van der Waals surface area contributed by atoms with E-state index in [1.54, 1.807) is 17.2 Å². The van der Waals surface area contributed by atoms with Crippen molar-refractivity contribution in [2.45, 2.75) is 25.6 Å². The van der Waals surface area contributed by atoms with E-state index < -0.39 is 12.1 Å². The summed E-state index contributed by atoms with van der Waals surface area (Å²) in [4.78, 5) is 29.6. The highest BCUT2D eigenvalue weighted by Gasteiger charge is 2.45. The molecule has 0 bridgehead atoms. The highest BCUT2D eigenvalue weighted by Crippen LogP contribution is 2.36. The van der Waals surface area contributed by atoms with Crippen LogP contribution < -0.4 is 0 Å². The monoisotopic (exact) mass is 462 g/mol. The molecule has 3 aliphatic rings. The molecule has 0 unspecified atom stereocenters.